The number of nitrogens with two attached hydrogens (primary N) is 1. The third-order valence-electron chi connectivity index (χ3n) is 0.742. The summed E-state index contributed by atoms with van der Waals surface area (Å²) in [5.74, 6) is 0. The third-order valence-corrected chi connectivity index (χ3v) is 0.742. The summed E-state index contributed by atoms with van der Waals surface area (Å²) in [6.45, 7) is 7.18. The molecule has 2 N–H and O–H groups in total. The van der Waals surface area contributed by atoms with Crippen LogP contribution in [-0.4, -0.2) is 6.04 Å². The maximum atomic E-state index is 5.35. The fraction of sp³-hybridized carbons (Fsp3) is 0.600. The maximum absolute atomic E-state index is 5.35. The van der Waals surface area contributed by atoms with E-state index in [1.54, 1.807) is 0 Å². The van der Waals surface area contributed by atoms with Crippen LogP contribution in [0.1, 0.15) is 12.8 Å². The average Bonchev–Trinajstić information content (AvgIpc) is 1.65. The van der Waals surface area contributed by atoms with Crippen molar-refractivity contribution >= 4 is 0 Å². The molecule has 0 saturated carbocycles. The second-order valence-electron chi connectivity index (χ2n) is 1.34. The van der Waals surface area contributed by atoms with Crippen molar-refractivity contribution in [3.63, 3.8) is 0 Å². The summed E-state index contributed by atoms with van der Waals surface area (Å²) in [4.78, 5) is 0. The van der Waals surface area contributed by atoms with E-state index < -0.39 is 0 Å². The molecule has 0 saturated heterocycles. The number of rotatable bonds is 2. The molecule has 0 rings (SSSR count). The standard InChI is InChI=1S/C5H11N.Y/c1-3-5(6)4-2;/h5H,1-4,6H2;/q-2;. The first-order chi connectivity index (χ1) is 2.81. The van der Waals surface area contributed by atoms with Gasteiger partial charge in [-0.3, -0.25) is 0 Å². The van der Waals surface area contributed by atoms with Gasteiger partial charge in [-0.25, -0.2) is 0 Å². The number of hydrogen-bond donors (Lipinski definition) is 1. The van der Waals surface area contributed by atoms with Crippen LogP contribution in [-0.2, 0) is 32.7 Å². The van der Waals surface area contributed by atoms with Crippen molar-refractivity contribution in [2.24, 2.45) is 5.73 Å². The van der Waals surface area contributed by atoms with Crippen LogP contribution in [0.15, 0.2) is 0 Å². The first-order valence-electron chi connectivity index (χ1n) is 2.15. The largest absolute Gasteiger partial charge is 0.342 e. The molecular formula is C5H11NY-2. The molecule has 0 bridgehead atoms. The van der Waals surface area contributed by atoms with E-state index in [1.165, 1.54) is 0 Å². The van der Waals surface area contributed by atoms with Crippen molar-refractivity contribution in [3.05, 3.63) is 13.8 Å². The van der Waals surface area contributed by atoms with Gasteiger partial charge in [-0.15, -0.1) is 0 Å². The minimum absolute atomic E-state index is 0. The van der Waals surface area contributed by atoms with Crippen molar-refractivity contribution in [2.75, 3.05) is 0 Å². The van der Waals surface area contributed by atoms with Gasteiger partial charge < -0.3 is 19.6 Å². The molecule has 0 aromatic heterocycles. The van der Waals surface area contributed by atoms with Gasteiger partial charge >= 0.3 is 0 Å². The van der Waals surface area contributed by atoms with E-state index in [-0.39, 0.29) is 38.8 Å². The van der Waals surface area contributed by atoms with Crippen LogP contribution in [0.4, 0.5) is 0 Å². The van der Waals surface area contributed by atoms with Gasteiger partial charge in [-0.1, -0.05) is 6.04 Å². The monoisotopic (exact) mass is 174 g/mol. The van der Waals surface area contributed by atoms with Crippen LogP contribution in [0.25, 0.3) is 0 Å². The van der Waals surface area contributed by atoms with Gasteiger partial charge in [0.2, 0.25) is 0 Å². The molecule has 41 valence electrons. The predicted molar refractivity (Wildman–Crippen MR) is 27.9 cm³/mol. The van der Waals surface area contributed by atoms with Crippen LogP contribution >= 0.6 is 0 Å². The molecular weight excluding hydrogens is 163 g/mol. The van der Waals surface area contributed by atoms with Gasteiger partial charge in [-0.2, -0.15) is 12.8 Å². The van der Waals surface area contributed by atoms with Crippen LogP contribution in [0.5, 0.6) is 0 Å². The summed E-state index contributed by atoms with van der Waals surface area (Å²) in [5.41, 5.74) is 5.35. The Balaban J connectivity index is 0. The second-order valence-corrected chi connectivity index (χ2v) is 1.34. The van der Waals surface area contributed by atoms with E-state index in [0.29, 0.717) is 0 Å². The fourth-order valence-electron chi connectivity index (χ4n) is 0.144. The summed E-state index contributed by atoms with van der Waals surface area (Å²) in [6.07, 6.45) is 1.59. The molecule has 0 unspecified atom stereocenters. The van der Waals surface area contributed by atoms with Crippen molar-refractivity contribution in [1.82, 2.24) is 0 Å². The quantitative estimate of drug-likeness (QED) is 0.614. The Hall–Kier alpha value is 1.06. The smallest absolute Gasteiger partial charge is 0 e. The molecule has 7 heavy (non-hydrogen) atoms. The van der Waals surface area contributed by atoms with Crippen molar-refractivity contribution in [1.29, 1.82) is 0 Å². The topological polar surface area (TPSA) is 26.0 Å². The van der Waals surface area contributed by atoms with Crippen LogP contribution < -0.4 is 5.73 Å². The molecule has 0 aliphatic heterocycles. The molecule has 0 amide bonds. The van der Waals surface area contributed by atoms with Crippen molar-refractivity contribution in [3.8, 4) is 0 Å². The third kappa shape index (κ3) is 7.06. The minimum Gasteiger partial charge on any atom is -0.342 e. The Kier molecular flexibility index (Phi) is 11.0. The molecule has 1 radical (unpaired) electrons. The zero-order valence-corrected chi connectivity index (χ0v) is 7.40. The molecule has 0 aromatic rings. The maximum Gasteiger partial charge on any atom is 0 e. The van der Waals surface area contributed by atoms with Crippen LogP contribution in [0.3, 0.4) is 0 Å². The second kappa shape index (κ2) is 7.06. The molecule has 1 nitrogen and oxygen atoms in total. The predicted octanol–water partition coefficient (Wildman–Crippen LogP) is 0.760. The molecule has 0 heterocycles. The van der Waals surface area contributed by atoms with Gasteiger partial charge in [-0.05, 0) is 0 Å². The van der Waals surface area contributed by atoms with Gasteiger partial charge in [0, 0.05) is 32.7 Å². The Labute approximate surface area is 70.9 Å². The molecule has 0 fully saturated rings. The first-order valence-corrected chi connectivity index (χ1v) is 2.15. The van der Waals surface area contributed by atoms with Crippen molar-refractivity contribution in [2.45, 2.75) is 18.9 Å². The van der Waals surface area contributed by atoms with E-state index >= 15 is 0 Å². The summed E-state index contributed by atoms with van der Waals surface area (Å²) in [6, 6.07) is 0.213. The molecule has 0 aliphatic carbocycles. The Morgan fingerprint density at radius 2 is 1.57 bits per heavy atom. The fourth-order valence-corrected chi connectivity index (χ4v) is 0.144. The van der Waals surface area contributed by atoms with Crippen molar-refractivity contribution < 1.29 is 32.7 Å². The van der Waals surface area contributed by atoms with E-state index in [0.717, 1.165) is 12.8 Å². The normalized spacial score (nSPS) is 8.57. The van der Waals surface area contributed by atoms with E-state index in [9.17, 15) is 0 Å². The Bertz CT molecular complexity index is 27.3. The molecule has 0 spiro atoms. The summed E-state index contributed by atoms with van der Waals surface area (Å²) >= 11 is 0. The minimum atomic E-state index is 0. The van der Waals surface area contributed by atoms with E-state index in [4.69, 9.17) is 5.73 Å². The van der Waals surface area contributed by atoms with Gasteiger partial charge in [0.05, 0.1) is 0 Å². The molecule has 0 aliphatic rings. The Morgan fingerprint density at radius 1 is 1.29 bits per heavy atom. The average molecular weight is 174 g/mol. The van der Waals surface area contributed by atoms with Gasteiger partial charge in [0.1, 0.15) is 0 Å². The Morgan fingerprint density at radius 3 is 1.57 bits per heavy atom. The number of hydrogen-bond acceptors (Lipinski definition) is 1. The first kappa shape index (κ1) is 10.9. The summed E-state index contributed by atoms with van der Waals surface area (Å²) < 4.78 is 0. The molecule has 0 atom stereocenters. The molecule has 2 heteroatoms. The van der Waals surface area contributed by atoms with Crippen LogP contribution in [0, 0.1) is 13.8 Å². The molecule has 0 aromatic carbocycles. The summed E-state index contributed by atoms with van der Waals surface area (Å²) in [5, 5.41) is 0. The van der Waals surface area contributed by atoms with Gasteiger partial charge in [0.25, 0.3) is 0 Å². The SMILES string of the molecule is [CH2-]CC(N)C[CH2-].[Y]. The van der Waals surface area contributed by atoms with E-state index in [2.05, 4.69) is 13.8 Å². The van der Waals surface area contributed by atoms with Crippen LogP contribution in [0.2, 0.25) is 0 Å². The van der Waals surface area contributed by atoms with Gasteiger partial charge in [0.15, 0.2) is 0 Å². The summed E-state index contributed by atoms with van der Waals surface area (Å²) in [7, 11) is 0. The zero-order valence-electron chi connectivity index (χ0n) is 4.56. The van der Waals surface area contributed by atoms with E-state index in [1.807, 2.05) is 0 Å². The zero-order chi connectivity index (χ0) is 4.99.